The molecule has 8 aliphatic rings. The molecule has 11 bridgehead atoms. The van der Waals surface area contributed by atoms with Crippen molar-refractivity contribution >= 4 is 88.1 Å². The van der Waals surface area contributed by atoms with Gasteiger partial charge in [-0.2, -0.15) is 0 Å². The Morgan fingerprint density at radius 1 is 0.698 bits per heavy atom. The number of alkyl halides is 3. The number of nitrogens with two attached hydrogens (primary N) is 2. The second-order valence-electron chi connectivity index (χ2n) is 31.9. The number of nitrogens with one attached hydrogen (secondary N) is 11. The number of aromatic hydroxyl groups is 3. The summed E-state index contributed by atoms with van der Waals surface area (Å²) in [6.07, 6.45) is -24.3. The molecule has 6 aromatic carbocycles. The number of aliphatic hydroxyl groups is 6. The molecule has 8 heterocycles. The van der Waals surface area contributed by atoms with Gasteiger partial charge < -0.3 is 138 Å². The van der Waals surface area contributed by atoms with Crippen LogP contribution >= 0.6 is 23.2 Å². The Hall–Kier alpha value is -11.8. The SMILES string of the molecule is CNC(CC(C)C)C(=O)NC1C(=O)NC(CC(N)=O)C(=O)NC2C(=O)NC3C(=O)NC(C(=O)N[C@@H](C(=O)NOCC(N)=O)c4cc(O)cc(O)c4-c4cc3ccc4O)C(O)c3ccc(c(Cl)c3)Oc3cc2cc(c3OC2OC(CO)C(O)C(O)C2OC2C[C@@](C)(NCCN3CCN(NC(=O)Nc4ccc(OC(F)(F)F)cc4)CC3)C(O)C(C)O2)Oc2ccc(cc2Cl)C1O. The van der Waals surface area contributed by atoms with Crippen LogP contribution in [0.1, 0.15) is 105 Å². The highest BCUT2D eigenvalue weighted by atomic mass is 35.5. The molecule has 42 nitrogen and oxygen atoms in total. The number of hydrogen-bond donors (Lipinski definition) is 22. The number of phenols is 3. The normalized spacial score (nSPS) is 26.6. The van der Waals surface area contributed by atoms with Crippen molar-refractivity contribution in [2.45, 2.75) is 163 Å². The predicted molar refractivity (Wildman–Crippen MR) is 442 cm³/mol. The molecule has 0 aromatic heterocycles. The fourth-order valence-electron chi connectivity index (χ4n) is 15.5. The molecule has 3 fully saturated rings. The van der Waals surface area contributed by atoms with Crippen LogP contribution in [0.2, 0.25) is 10.0 Å². The number of benzene rings is 6. The summed E-state index contributed by atoms with van der Waals surface area (Å²) >= 11 is 14.4. The summed E-state index contributed by atoms with van der Waals surface area (Å²) in [5.41, 5.74) is 11.5. The van der Waals surface area contributed by atoms with E-state index in [1.54, 1.807) is 25.8 Å². The van der Waals surface area contributed by atoms with Crippen LogP contribution in [0, 0.1) is 5.92 Å². The van der Waals surface area contributed by atoms with Crippen LogP contribution in [-0.4, -0.2) is 260 Å². The van der Waals surface area contributed by atoms with Gasteiger partial charge in [0.2, 0.25) is 59.3 Å². The number of anilines is 1. The second kappa shape index (κ2) is 40.9. The van der Waals surface area contributed by atoms with E-state index in [0.29, 0.717) is 32.7 Å². The van der Waals surface area contributed by atoms with Crippen LogP contribution in [0.25, 0.3) is 11.1 Å². The summed E-state index contributed by atoms with van der Waals surface area (Å²) in [7, 11) is 1.46. The molecule has 0 spiro atoms. The minimum atomic E-state index is -4.91. The van der Waals surface area contributed by atoms with Crippen LogP contribution in [0.15, 0.2) is 103 Å². The molecule has 47 heteroatoms. The molecule has 24 N–H and O–H groups in total. The van der Waals surface area contributed by atoms with E-state index in [1.807, 2.05) is 5.48 Å². The van der Waals surface area contributed by atoms with Gasteiger partial charge in [-0.1, -0.05) is 55.2 Å². The van der Waals surface area contributed by atoms with Crippen molar-refractivity contribution in [3.63, 3.8) is 0 Å². The zero-order chi connectivity index (χ0) is 93.5. The Bertz CT molecular complexity index is 5200. The molecule has 3 saturated heterocycles. The number of aliphatic hydroxyl groups excluding tert-OH is 6. The number of phenolic OH excluding ortho intramolecular Hbond substituents is 3. The summed E-state index contributed by atoms with van der Waals surface area (Å²) in [5.74, 6) is -17.8. The highest BCUT2D eigenvalue weighted by molar-refractivity contribution is 6.32. The number of ether oxygens (including phenoxy) is 7. The van der Waals surface area contributed by atoms with E-state index in [4.69, 9.17) is 67.9 Å². The van der Waals surface area contributed by atoms with Crippen LogP contribution in [0.5, 0.6) is 51.7 Å². The van der Waals surface area contributed by atoms with Gasteiger partial charge in [0, 0.05) is 74.1 Å². The van der Waals surface area contributed by atoms with Crippen molar-refractivity contribution in [3.05, 3.63) is 141 Å². The van der Waals surface area contributed by atoms with Crippen LogP contribution < -0.4 is 89.2 Å². The molecule has 129 heavy (non-hydrogen) atoms. The van der Waals surface area contributed by atoms with Gasteiger partial charge >= 0.3 is 12.4 Å². The number of carbonyl (C=O) groups excluding carboxylic acids is 10. The standard InChI is InChI=1S/C82H96Cl2F3N15O27/c1-34(2)22-47(90-5)72(114)97-63-65(109)37-7-14-51(45(83)24-37)124-53-26-39-27-54(69(53)128-79-70(68(112)67(111)55(32-103)126-79)127-58-31-81(4,71(113)35(3)123-58)91-16-17-101-18-20-102(21-19-101)99-80(121)92-40-9-11-42(12-10-40)129-82(85,86)87)125-52-15-8-38(25-46(52)84)66(110)64-77(119)96-62(78(120)100-122-33-57(89)108)44-28-41(104)29-50(106)59(44)43-23-36(6-13-49(43)105)60(74(116)98-64)95-75(117)61(39)94-73(115)48(30-56(88)107)93-76(63)118/h6-15,23-29,34-35,47-48,55,58,60-68,70-71,79,90-91,103-106,109-113H,16-22,30-33H2,1-5H3,(H2,88,107)(H2,89,108)(H,93,118)(H,94,115)(H,95,117)(H,96,119)(H,97,114)(H,98,116)(H,100,120)(H2,92,99,121)/t35?,47?,48?,55?,58?,60?,61?,62-,63?,64?,65?,66?,67?,68?,70?,71?,79?,81-/m1/s1. The van der Waals surface area contributed by atoms with Crippen molar-refractivity contribution < 1.29 is 145 Å². The summed E-state index contributed by atoms with van der Waals surface area (Å²) in [6, 6.07) is 2.67. The largest absolute Gasteiger partial charge is 0.573 e. The van der Waals surface area contributed by atoms with E-state index < -0.39 is 284 Å². The minimum absolute atomic E-state index is 0.135. The van der Waals surface area contributed by atoms with Crippen molar-refractivity contribution in [1.29, 1.82) is 0 Å². The third-order valence-electron chi connectivity index (χ3n) is 22.1. The molecule has 11 amide bonds. The number of urea groups is 1. The number of carbonyl (C=O) groups is 10. The number of nitrogens with zero attached hydrogens (tertiary/aromatic N) is 2. The number of hydroxylamine groups is 1. The Balaban J connectivity index is 0.962. The van der Waals surface area contributed by atoms with Gasteiger partial charge in [-0.15, -0.1) is 13.2 Å². The predicted octanol–water partition coefficient (Wildman–Crippen LogP) is 0.438. The number of halogens is 5. The molecule has 18 atom stereocenters. The maximum Gasteiger partial charge on any atom is 0.573 e. The number of likely N-dealkylation sites (N-methyl/N-ethyl adjacent to an activating group) is 1. The van der Waals surface area contributed by atoms with E-state index in [0.717, 1.165) is 78.9 Å². The average Bonchev–Trinajstić information content (AvgIpc) is 0.750. The summed E-state index contributed by atoms with van der Waals surface area (Å²) in [6.45, 7) is 6.89. The van der Waals surface area contributed by atoms with Crippen molar-refractivity contribution in [2.24, 2.45) is 17.4 Å². The van der Waals surface area contributed by atoms with E-state index in [9.17, 15) is 83.1 Å². The van der Waals surface area contributed by atoms with Gasteiger partial charge in [-0.25, -0.2) is 15.3 Å². The summed E-state index contributed by atoms with van der Waals surface area (Å²) in [5, 5.41) is 131. The number of fused-ring (bicyclic) bond motifs is 15. The van der Waals surface area contributed by atoms with Crippen LogP contribution in [0.3, 0.4) is 0 Å². The quantitative estimate of drug-likeness (QED) is 0.0387. The Morgan fingerprint density at radius 2 is 1.33 bits per heavy atom. The van der Waals surface area contributed by atoms with Crippen molar-refractivity contribution in [3.8, 4) is 62.9 Å². The first-order valence-electron chi connectivity index (χ1n) is 40.4. The van der Waals surface area contributed by atoms with Crippen LogP contribution in [-0.2, 0) is 62.2 Å². The number of hydrogen-bond acceptors (Lipinski definition) is 31. The Morgan fingerprint density at radius 3 is 1.94 bits per heavy atom. The number of amides is 11. The second-order valence-corrected chi connectivity index (χ2v) is 32.7. The summed E-state index contributed by atoms with van der Waals surface area (Å²) < 4.78 is 81.6. The lowest BCUT2D eigenvalue weighted by Gasteiger charge is -2.48. The highest BCUT2D eigenvalue weighted by Crippen LogP contribution is 2.50. The van der Waals surface area contributed by atoms with Crippen molar-refractivity contribution in [2.75, 3.05) is 64.8 Å². The third-order valence-corrected chi connectivity index (χ3v) is 22.7. The minimum Gasteiger partial charge on any atom is -0.508 e. The van der Waals surface area contributed by atoms with E-state index in [1.165, 1.54) is 38.2 Å². The lowest BCUT2D eigenvalue weighted by atomic mass is 9.85. The lowest BCUT2D eigenvalue weighted by molar-refractivity contribution is -0.334. The molecule has 696 valence electrons. The lowest BCUT2D eigenvalue weighted by Crippen LogP contribution is -2.66. The molecule has 0 aliphatic carbocycles. The third kappa shape index (κ3) is 23.1. The smallest absolute Gasteiger partial charge is 0.508 e. The number of hydrazine groups is 1. The van der Waals surface area contributed by atoms with E-state index in [-0.39, 0.29) is 42.1 Å². The molecule has 8 aliphatic heterocycles. The molecule has 14 rings (SSSR count). The number of primary amides is 2. The fraction of sp³-hybridized carbons (Fsp3) is 0.439. The highest BCUT2D eigenvalue weighted by Gasteiger charge is 2.53. The van der Waals surface area contributed by atoms with Gasteiger partial charge in [0.1, 0.15) is 101 Å². The number of piperazine rings is 1. The van der Waals surface area contributed by atoms with Gasteiger partial charge in [0.25, 0.3) is 5.91 Å². The van der Waals surface area contributed by atoms with E-state index >= 15 is 24.0 Å². The first-order valence-corrected chi connectivity index (χ1v) is 41.1. The molecule has 16 unspecified atom stereocenters. The van der Waals surface area contributed by atoms with Crippen LogP contribution in [0.4, 0.5) is 23.7 Å². The fourth-order valence-corrected chi connectivity index (χ4v) is 16.0. The monoisotopic (exact) mass is 1850 g/mol. The maximum absolute atomic E-state index is 16.3. The molecule has 0 radical (unpaired) electrons. The summed E-state index contributed by atoms with van der Waals surface area (Å²) in [4.78, 5) is 152. The molecular weight excluding hydrogens is 1750 g/mol. The first kappa shape index (κ1) is 96.3. The Labute approximate surface area is 741 Å². The first-order chi connectivity index (χ1) is 61.0. The average molecular weight is 1850 g/mol. The zero-order valence-electron chi connectivity index (χ0n) is 69.3. The topological polar surface area (TPSA) is 617 Å². The zero-order valence-corrected chi connectivity index (χ0v) is 70.8. The number of rotatable bonds is 23. The Kier molecular flexibility index (Phi) is 30.5. The molecule has 6 aromatic rings. The van der Waals surface area contributed by atoms with Gasteiger partial charge in [-0.05, 0) is 140 Å². The molecule has 0 saturated carbocycles. The van der Waals surface area contributed by atoms with Crippen molar-refractivity contribution in [1.82, 2.24) is 63.3 Å². The maximum atomic E-state index is 16.3. The van der Waals surface area contributed by atoms with Gasteiger partial charge in [0.05, 0.1) is 41.3 Å². The van der Waals surface area contributed by atoms with E-state index in [2.05, 4.69) is 62.9 Å². The van der Waals surface area contributed by atoms with Gasteiger partial charge in [-0.3, -0.25) is 58.3 Å². The molecular formula is C82H96Cl2F3N15O27. The van der Waals surface area contributed by atoms with Gasteiger partial charge in [0.15, 0.2) is 30.5 Å².